The minimum atomic E-state index is -4.96. The number of hydrogen-bond donors (Lipinski definition) is 2. The van der Waals surface area contributed by atoms with E-state index in [-0.39, 0.29) is 0 Å². The van der Waals surface area contributed by atoms with Crippen molar-refractivity contribution in [2.75, 3.05) is 11.1 Å². The summed E-state index contributed by atoms with van der Waals surface area (Å²) in [5.41, 5.74) is -0.870. The van der Waals surface area contributed by atoms with E-state index in [1.165, 1.54) is 6.92 Å². The molecule has 1 saturated carbocycles. The van der Waals surface area contributed by atoms with E-state index in [9.17, 15) is 30.0 Å². The molecule has 2 rings (SSSR count). The number of halogens is 3. The molecular formula is C16H23F3N2O4S2. The molecular weight excluding hydrogens is 405 g/mol. The van der Waals surface area contributed by atoms with Crippen molar-refractivity contribution in [3.05, 3.63) is 17.5 Å². The van der Waals surface area contributed by atoms with Crippen LogP contribution in [-0.2, 0) is 19.9 Å². The van der Waals surface area contributed by atoms with E-state index in [1.54, 1.807) is 0 Å². The van der Waals surface area contributed by atoms with Gasteiger partial charge >= 0.3 is 0 Å². The molecule has 1 aromatic rings. The SMILES string of the molecule is CCS(=O)(=O)c1c(F)c(F)c(S(N)(=O)=O)c(F)c1NC1CCCCCCC1. The Morgan fingerprint density at radius 1 is 0.889 bits per heavy atom. The molecule has 0 spiro atoms. The fourth-order valence-electron chi connectivity index (χ4n) is 3.24. The second kappa shape index (κ2) is 8.36. The van der Waals surface area contributed by atoms with Crippen molar-refractivity contribution in [1.29, 1.82) is 0 Å². The summed E-state index contributed by atoms with van der Waals surface area (Å²) < 4.78 is 91.3. The van der Waals surface area contributed by atoms with E-state index >= 15 is 0 Å². The monoisotopic (exact) mass is 428 g/mol. The highest BCUT2D eigenvalue weighted by Crippen LogP contribution is 2.36. The van der Waals surface area contributed by atoms with Crippen molar-refractivity contribution in [3.8, 4) is 0 Å². The molecule has 0 aliphatic heterocycles. The van der Waals surface area contributed by atoms with E-state index in [4.69, 9.17) is 5.14 Å². The van der Waals surface area contributed by atoms with Crippen molar-refractivity contribution < 1.29 is 30.0 Å². The van der Waals surface area contributed by atoms with E-state index in [0.717, 1.165) is 32.1 Å². The van der Waals surface area contributed by atoms with Crippen LogP contribution < -0.4 is 10.5 Å². The number of nitrogens with one attached hydrogen (secondary N) is 1. The van der Waals surface area contributed by atoms with Gasteiger partial charge < -0.3 is 5.32 Å². The van der Waals surface area contributed by atoms with Crippen LogP contribution in [-0.4, -0.2) is 28.6 Å². The summed E-state index contributed by atoms with van der Waals surface area (Å²) >= 11 is 0. The molecule has 6 nitrogen and oxygen atoms in total. The summed E-state index contributed by atoms with van der Waals surface area (Å²) in [6, 6.07) is -0.399. The molecule has 0 atom stereocenters. The summed E-state index contributed by atoms with van der Waals surface area (Å²) in [6.45, 7) is 1.19. The smallest absolute Gasteiger partial charge is 0.244 e. The van der Waals surface area contributed by atoms with Gasteiger partial charge in [0.15, 0.2) is 32.2 Å². The Labute approximate surface area is 157 Å². The first-order valence-electron chi connectivity index (χ1n) is 8.73. The molecule has 1 aliphatic rings. The maximum absolute atomic E-state index is 14.9. The number of hydrogen-bond acceptors (Lipinski definition) is 5. The summed E-state index contributed by atoms with van der Waals surface area (Å²) in [4.78, 5) is -2.88. The van der Waals surface area contributed by atoms with E-state index in [1.807, 2.05) is 0 Å². The number of primary sulfonamides is 1. The molecule has 154 valence electrons. The standard InChI is InChI=1S/C16H23F3N2O4S2/c1-2-26(22,23)16-12(18)11(17)15(27(20,24)25)13(19)14(16)21-10-8-6-4-3-5-7-9-10/h10,21H,2-9H2,1H3,(H2,20,24,25). The van der Waals surface area contributed by atoms with Gasteiger partial charge in [-0.15, -0.1) is 0 Å². The number of benzene rings is 1. The molecule has 0 unspecified atom stereocenters. The van der Waals surface area contributed by atoms with Gasteiger partial charge in [0, 0.05) is 6.04 Å². The molecule has 0 heterocycles. The zero-order chi connectivity index (χ0) is 20.4. The first-order chi connectivity index (χ1) is 12.5. The number of nitrogens with two attached hydrogens (primary N) is 1. The zero-order valence-electron chi connectivity index (χ0n) is 14.9. The predicted molar refractivity (Wildman–Crippen MR) is 95.1 cm³/mol. The zero-order valence-corrected chi connectivity index (χ0v) is 16.5. The van der Waals surface area contributed by atoms with Crippen LogP contribution in [0.15, 0.2) is 9.79 Å². The summed E-state index contributed by atoms with van der Waals surface area (Å²) in [5, 5.41) is 7.44. The molecule has 0 amide bonds. The third-order valence-electron chi connectivity index (χ3n) is 4.67. The van der Waals surface area contributed by atoms with Gasteiger partial charge in [0.25, 0.3) is 0 Å². The lowest BCUT2D eigenvalue weighted by Crippen LogP contribution is -2.26. The van der Waals surface area contributed by atoms with Crippen molar-refractivity contribution in [2.24, 2.45) is 5.14 Å². The van der Waals surface area contributed by atoms with Gasteiger partial charge in [-0.05, 0) is 12.8 Å². The topological polar surface area (TPSA) is 106 Å². The maximum Gasteiger partial charge on any atom is 0.244 e. The molecule has 0 saturated heterocycles. The molecule has 3 N–H and O–H groups in total. The Morgan fingerprint density at radius 3 is 1.85 bits per heavy atom. The van der Waals surface area contributed by atoms with Crippen LogP contribution in [0.5, 0.6) is 0 Å². The van der Waals surface area contributed by atoms with Gasteiger partial charge in [0.05, 0.1) is 11.4 Å². The van der Waals surface area contributed by atoms with Crippen molar-refractivity contribution >= 4 is 25.5 Å². The highest BCUT2D eigenvalue weighted by Gasteiger charge is 2.36. The van der Waals surface area contributed by atoms with Gasteiger partial charge in [0.2, 0.25) is 10.0 Å². The van der Waals surface area contributed by atoms with Crippen molar-refractivity contribution in [1.82, 2.24) is 0 Å². The second-order valence-corrected chi connectivity index (χ2v) is 10.3. The molecule has 0 bridgehead atoms. The first kappa shape index (κ1) is 22.0. The predicted octanol–water partition coefficient (Wildman–Crippen LogP) is 3.07. The van der Waals surface area contributed by atoms with Gasteiger partial charge in [0.1, 0.15) is 4.90 Å². The average molecular weight is 428 g/mol. The van der Waals surface area contributed by atoms with Gasteiger partial charge in [-0.2, -0.15) is 0 Å². The first-order valence-corrected chi connectivity index (χ1v) is 11.9. The molecule has 27 heavy (non-hydrogen) atoms. The van der Waals surface area contributed by atoms with Gasteiger partial charge in [-0.25, -0.2) is 35.1 Å². The maximum atomic E-state index is 14.9. The fraction of sp³-hybridized carbons (Fsp3) is 0.625. The van der Waals surface area contributed by atoms with Gasteiger partial charge in [-0.1, -0.05) is 39.0 Å². The number of sulfonamides is 1. The van der Waals surface area contributed by atoms with E-state index in [2.05, 4.69) is 5.32 Å². The quantitative estimate of drug-likeness (QED) is 0.701. The second-order valence-electron chi connectivity index (χ2n) is 6.61. The number of anilines is 1. The molecule has 0 radical (unpaired) electrons. The lowest BCUT2D eigenvalue weighted by atomic mass is 9.96. The Balaban J connectivity index is 2.70. The third-order valence-corrected chi connectivity index (χ3v) is 7.36. The normalized spacial score (nSPS) is 17.4. The average Bonchev–Trinajstić information content (AvgIpc) is 2.53. The van der Waals surface area contributed by atoms with Crippen molar-refractivity contribution in [3.63, 3.8) is 0 Å². The van der Waals surface area contributed by atoms with Gasteiger partial charge in [-0.3, -0.25) is 0 Å². The minimum Gasteiger partial charge on any atom is -0.379 e. The van der Waals surface area contributed by atoms with Crippen LogP contribution >= 0.6 is 0 Å². The highest BCUT2D eigenvalue weighted by molar-refractivity contribution is 7.91. The van der Waals surface area contributed by atoms with Crippen LogP contribution in [0.25, 0.3) is 0 Å². The van der Waals surface area contributed by atoms with E-state index < -0.39 is 64.6 Å². The molecule has 1 fully saturated rings. The molecule has 1 aliphatic carbocycles. The summed E-state index contributed by atoms with van der Waals surface area (Å²) in [7, 11) is -9.34. The summed E-state index contributed by atoms with van der Waals surface area (Å²) in [6.07, 6.45) is 5.66. The van der Waals surface area contributed by atoms with Crippen molar-refractivity contribution in [2.45, 2.75) is 67.7 Å². The van der Waals surface area contributed by atoms with Crippen LogP contribution in [0.4, 0.5) is 18.9 Å². The molecule has 0 aromatic heterocycles. The Morgan fingerprint density at radius 2 is 1.37 bits per heavy atom. The van der Waals surface area contributed by atoms with Crippen LogP contribution in [0, 0.1) is 17.5 Å². The van der Waals surface area contributed by atoms with Crippen LogP contribution in [0.1, 0.15) is 51.9 Å². The molecule has 1 aromatic carbocycles. The number of sulfone groups is 1. The minimum absolute atomic E-state index is 0.399. The summed E-state index contributed by atoms with van der Waals surface area (Å²) in [5.74, 6) is -6.41. The third kappa shape index (κ3) is 4.75. The Kier molecular flexibility index (Phi) is 6.80. The highest BCUT2D eigenvalue weighted by atomic mass is 32.2. The largest absolute Gasteiger partial charge is 0.379 e. The Bertz CT molecular complexity index is 910. The fourth-order valence-corrected chi connectivity index (χ4v) is 5.04. The Hall–Kier alpha value is -1.33. The lowest BCUT2D eigenvalue weighted by Gasteiger charge is -2.25. The lowest BCUT2D eigenvalue weighted by molar-refractivity contribution is 0.435. The van der Waals surface area contributed by atoms with E-state index in [0.29, 0.717) is 12.8 Å². The molecule has 11 heteroatoms. The van der Waals surface area contributed by atoms with Crippen LogP contribution in [0.3, 0.4) is 0 Å². The van der Waals surface area contributed by atoms with Crippen LogP contribution in [0.2, 0.25) is 0 Å². The number of rotatable bonds is 5.